The van der Waals surface area contributed by atoms with E-state index in [0.29, 0.717) is 33.8 Å². The lowest BCUT2D eigenvalue weighted by molar-refractivity contribution is -0.113. The van der Waals surface area contributed by atoms with Crippen LogP contribution in [0.4, 0.5) is 5.69 Å². The van der Waals surface area contributed by atoms with Gasteiger partial charge in [0.05, 0.1) is 11.8 Å². The molecule has 0 fully saturated rings. The lowest BCUT2D eigenvalue weighted by Gasteiger charge is -2.22. The van der Waals surface area contributed by atoms with Crippen molar-refractivity contribution in [3.63, 3.8) is 0 Å². The number of nitrogens with zero attached hydrogens (tertiary/aromatic N) is 3. The number of aromatic nitrogens is 3. The van der Waals surface area contributed by atoms with Gasteiger partial charge >= 0.3 is 0 Å². The molecule has 0 saturated heterocycles. The van der Waals surface area contributed by atoms with Crippen LogP contribution < -0.4 is 10.6 Å². The molecule has 0 unspecified atom stereocenters. The molecule has 0 aliphatic rings. The van der Waals surface area contributed by atoms with E-state index in [0.717, 1.165) is 11.1 Å². The molecule has 2 amide bonds. The highest BCUT2D eigenvalue weighted by Crippen LogP contribution is 2.26. The Morgan fingerprint density at radius 3 is 2.60 bits per heavy atom. The van der Waals surface area contributed by atoms with Gasteiger partial charge in [-0.05, 0) is 49.6 Å². The van der Waals surface area contributed by atoms with Gasteiger partial charge in [-0.1, -0.05) is 67.0 Å². The van der Waals surface area contributed by atoms with Crippen LogP contribution in [-0.4, -0.2) is 32.3 Å². The van der Waals surface area contributed by atoms with E-state index in [9.17, 15) is 9.59 Å². The number of aryl methyl sites for hydroxylation is 2. The Balaban J connectivity index is 1.75. The van der Waals surface area contributed by atoms with Crippen LogP contribution in [0.15, 0.2) is 60.3 Å². The van der Waals surface area contributed by atoms with Gasteiger partial charge in [0.1, 0.15) is 0 Å². The molecule has 0 spiro atoms. The van der Waals surface area contributed by atoms with Crippen molar-refractivity contribution >= 4 is 40.9 Å². The lowest BCUT2D eigenvalue weighted by Crippen LogP contribution is -2.34. The predicted molar refractivity (Wildman–Crippen MR) is 142 cm³/mol. The summed E-state index contributed by atoms with van der Waals surface area (Å²) in [5, 5.41) is 15.8. The fraction of sp³-hybridized carbons (Fsp3) is 0.308. The molecule has 0 aliphatic heterocycles. The molecule has 1 aromatic heterocycles. The average molecular weight is 512 g/mol. The summed E-state index contributed by atoms with van der Waals surface area (Å²) >= 11 is 7.42. The quantitative estimate of drug-likeness (QED) is 0.273. The van der Waals surface area contributed by atoms with Crippen LogP contribution in [0, 0.1) is 19.8 Å². The standard InChI is InChI=1S/C26H30ClN5O2S/c1-6-12-32-24(23(16(2)3)29-25(34)19-9-7-8-17(4)13-19)30-31-26(32)35-15-22(33)28-20-11-10-18(5)21(27)14-20/h6-11,13-14,16,23H,1,12,15H2,2-5H3,(H,28,33)(H,29,34)/t23-/m0/s1. The van der Waals surface area contributed by atoms with Crippen molar-refractivity contribution in [3.8, 4) is 0 Å². The molecule has 2 N–H and O–H groups in total. The zero-order chi connectivity index (χ0) is 25.5. The Labute approximate surface area is 215 Å². The number of rotatable bonds is 10. The van der Waals surface area contributed by atoms with E-state index in [1.165, 1.54) is 11.8 Å². The molecule has 0 radical (unpaired) electrons. The first-order valence-electron chi connectivity index (χ1n) is 11.3. The minimum atomic E-state index is -0.367. The van der Waals surface area contributed by atoms with Gasteiger partial charge in [0.2, 0.25) is 5.91 Å². The monoisotopic (exact) mass is 511 g/mol. The lowest BCUT2D eigenvalue weighted by atomic mass is 10.0. The maximum absolute atomic E-state index is 12.9. The molecule has 1 atom stereocenters. The highest BCUT2D eigenvalue weighted by Gasteiger charge is 2.26. The smallest absolute Gasteiger partial charge is 0.251 e. The number of halogens is 1. The Bertz CT molecular complexity index is 1220. The number of benzene rings is 2. The summed E-state index contributed by atoms with van der Waals surface area (Å²) < 4.78 is 1.88. The third-order valence-corrected chi connectivity index (χ3v) is 6.73. The number of nitrogens with one attached hydrogen (secondary N) is 2. The van der Waals surface area contributed by atoms with Gasteiger partial charge in [-0.15, -0.1) is 16.8 Å². The van der Waals surface area contributed by atoms with Gasteiger partial charge in [-0.2, -0.15) is 0 Å². The number of hydrogen-bond acceptors (Lipinski definition) is 5. The van der Waals surface area contributed by atoms with E-state index < -0.39 is 0 Å². The Hall–Kier alpha value is -3.10. The second-order valence-corrected chi connectivity index (χ2v) is 9.96. The van der Waals surface area contributed by atoms with E-state index in [4.69, 9.17) is 11.6 Å². The van der Waals surface area contributed by atoms with E-state index in [-0.39, 0.29) is 29.5 Å². The summed E-state index contributed by atoms with van der Waals surface area (Å²) in [5.41, 5.74) is 3.18. The second kappa shape index (κ2) is 12.0. The average Bonchev–Trinajstić information content (AvgIpc) is 3.20. The van der Waals surface area contributed by atoms with Gasteiger partial charge in [0, 0.05) is 22.8 Å². The molecule has 2 aromatic carbocycles. The van der Waals surface area contributed by atoms with Gasteiger partial charge in [-0.3, -0.25) is 9.59 Å². The van der Waals surface area contributed by atoms with Crippen LogP contribution in [0.1, 0.15) is 47.2 Å². The van der Waals surface area contributed by atoms with E-state index in [2.05, 4.69) is 27.4 Å². The van der Waals surface area contributed by atoms with Crippen LogP contribution >= 0.6 is 23.4 Å². The first-order chi connectivity index (χ1) is 16.7. The van der Waals surface area contributed by atoms with Gasteiger partial charge in [-0.25, -0.2) is 0 Å². The molecule has 184 valence electrons. The molecular formula is C26H30ClN5O2S. The van der Waals surface area contributed by atoms with Crippen molar-refractivity contribution in [1.82, 2.24) is 20.1 Å². The minimum Gasteiger partial charge on any atom is -0.342 e. The highest BCUT2D eigenvalue weighted by atomic mass is 35.5. The maximum atomic E-state index is 12.9. The molecule has 0 saturated carbocycles. The topological polar surface area (TPSA) is 88.9 Å². The second-order valence-electron chi connectivity index (χ2n) is 8.61. The zero-order valence-corrected chi connectivity index (χ0v) is 21.9. The molecule has 3 aromatic rings. The molecule has 9 heteroatoms. The number of carbonyl (C=O) groups is 2. The molecule has 0 bridgehead atoms. The predicted octanol–water partition coefficient (Wildman–Crippen LogP) is 5.59. The molecule has 1 heterocycles. The number of allylic oxidation sites excluding steroid dienone is 1. The van der Waals surface area contributed by atoms with E-state index in [1.807, 2.05) is 62.6 Å². The third kappa shape index (κ3) is 6.96. The number of amides is 2. The summed E-state index contributed by atoms with van der Waals surface area (Å²) in [5.74, 6) is 0.463. The summed E-state index contributed by atoms with van der Waals surface area (Å²) in [6.07, 6.45) is 1.74. The van der Waals surface area contributed by atoms with Gasteiger partial charge in [0.15, 0.2) is 11.0 Å². The van der Waals surface area contributed by atoms with Crippen molar-refractivity contribution in [3.05, 3.63) is 82.7 Å². The SMILES string of the molecule is C=CCn1c(SCC(=O)Nc2ccc(C)c(Cl)c2)nnc1[C@@H](NC(=O)c1cccc(C)c1)C(C)C. The van der Waals surface area contributed by atoms with Crippen molar-refractivity contribution in [1.29, 1.82) is 0 Å². The van der Waals surface area contributed by atoms with Gasteiger partial charge in [0.25, 0.3) is 5.91 Å². The Morgan fingerprint density at radius 1 is 1.17 bits per heavy atom. The molecule has 0 aliphatic carbocycles. The fourth-order valence-corrected chi connectivity index (χ4v) is 4.41. The molecule has 3 rings (SSSR count). The van der Waals surface area contributed by atoms with Crippen molar-refractivity contribution in [2.24, 2.45) is 5.92 Å². The first-order valence-corrected chi connectivity index (χ1v) is 12.7. The number of thioether (sulfide) groups is 1. The highest BCUT2D eigenvalue weighted by molar-refractivity contribution is 7.99. The van der Waals surface area contributed by atoms with Crippen LogP contribution in [0.25, 0.3) is 0 Å². The molecule has 35 heavy (non-hydrogen) atoms. The fourth-order valence-electron chi connectivity index (χ4n) is 3.48. The number of carbonyl (C=O) groups excluding carboxylic acids is 2. The third-order valence-electron chi connectivity index (χ3n) is 5.36. The summed E-state index contributed by atoms with van der Waals surface area (Å²) in [6.45, 7) is 12.2. The van der Waals surface area contributed by atoms with E-state index in [1.54, 1.807) is 18.2 Å². The largest absolute Gasteiger partial charge is 0.342 e. The van der Waals surface area contributed by atoms with E-state index >= 15 is 0 Å². The van der Waals surface area contributed by atoms with Crippen molar-refractivity contribution in [2.45, 2.75) is 45.4 Å². The minimum absolute atomic E-state index is 0.0592. The van der Waals surface area contributed by atoms with Crippen molar-refractivity contribution < 1.29 is 9.59 Å². The van der Waals surface area contributed by atoms with Crippen molar-refractivity contribution in [2.75, 3.05) is 11.1 Å². The van der Waals surface area contributed by atoms with Crippen LogP contribution in [0.5, 0.6) is 0 Å². The Morgan fingerprint density at radius 2 is 1.94 bits per heavy atom. The normalized spacial score (nSPS) is 11.8. The maximum Gasteiger partial charge on any atom is 0.251 e. The Kier molecular flexibility index (Phi) is 9.12. The summed E-state index contributed by atoms with van der Waals surface area (Å²) in [7, 11) is 0. The van der Waals surface area contributed by atoms with Crippen LogP contribution in [0.3, 0.4) is 0 Å². The van der Waals surface area contributed by atoms with Gasteiger partial charge < -0.3 is 15.2 Å². The summed E-state index contributed by atoms with van der Waals surface area (Å²) in [4.78, 5) is 25.5. The van der Waals surface area contributed by atoms with Crippen LogP contribution in [0.2, 0.25) is 5.02 Å². The number of anilines is 1. The number of hydrogen-bond donors (Lipinski definition) is 2. The first kappa shape index (κ1) is 26.5. The summed E-state index contributed by atoms with van der Waals surface area (Å²) in [6, 6.07) is 12.5. The van der Waals surface area contributed by atoms with Crippen LogP contribution in [-0.2, 0) is 11.3 Å². The zero-order valence-electron chi connectivity index (χ0n) is 20.3. The molecular weight excluding hydrogens is 482 g/mol. The molecule has 7 nitrogen and oxygen atoms in total.